The Balaban J connectivity index is 2.93. The second-order valence-electron chi connectivity index (χ2n) is 3.68. The van der Waals surface area contributed by atoms with Gasteiger partial charge in [-0.15, -0.1) is 0 Å². The van der Waals surface area contributed by atoms with Gasteiger partial charge >= 0.3 is 0 Å². The summed E-state index contributed by atoms with van der Waals surface area (Å²) in [6.07, 6.45) is 3.10. The van der Waals surface area contributed by atoms with Crippen LogP contribution in [0.1, 0.15) is 36.5 Å². The molecule has 0 unspecified atom stereocenters. The molecule has 88 valence electrons. The summed E-state index contributed by atoms with van der Waals surface area (Å²) in [4.78, 5) is 10.9. The average molecular weight is 240 g/mol. The van der Waals surface area contributed by atoms with Gasteiger partial charge in [0.2, 0.25) is 0 Å². The Hall–Kier alpha value is -1.16. The van der Waals surface area contributed by atoms with E-state index in [9.17, 15) is 13.2 Å². The maximum atomic E-state index is 11.9. The molecule has 1 aromatic rings. The number of carbonyl (C=O) groups excluding carboxylic acids is 1. The molecule has 0 spiro atoms. The molecule has 0 aromatic heterocycles. The summed E-state index contributed by atoms with van der Waals surface area (Å²) in [7, 11) is -3.31. The van der Waals surface area contributed by atoms with E-state index in [-0.39, 0.29) is 16.2 Å². The first-order valence-corrected chi connectivity index (χ1v) is 7.04. The van der Waals surface area contributed by atoms with Gasteiger partial charge in [-0.25, -0.2) is 8.42 Å². The molecule has 0 amide bonds. The maximum absolute atomic E-state index is 11.9. The van der Waals surface area contributed by atoms with Gasteiger partial charge in [0.15, 0.2) is 16.1 Å². The van der Waals surface area contributed by atoms with Gasteiger partial charge in [-0.1, -0.05) is 38.0 Å². The Morgan fingerprint density at radius 3 is 2.50 bits per heavy atom. The van der Waals surface area contributed by atoms with E-state index in [2.05, 4.69) is 0 Å². The quantitative estimate of drug-likeness (QED) is 0.567. The third kappa shape index (κ3) is 3.17. The highest BCUT2D eigenvalue weighted by Gasteiger charge is 2.17. The molecule has 0 radical (unpaired) electrons. The van der Waals surface area contributed by atoms with Crippen molar-refractivity contribution in [2.75, 3.05) is 5.75 Å². The Morgan fingerprint density at radius 1 is 1.19 bits per heavy atom. The summed E-state index contributed by atoms with van der Waals surface area (Å²) in [6, 6.07) is 6.32. The van der Waals surface area contributed by atoms with Crippen LogP contribution in [0.2, 0.25) is 0 Å². The second kappa shape index (κ2) is 5.80. The molecule has 0 fully saturated rings. The molecule has 0 atom stereocenters. The zero-order valence-corrected chi connectivity index (χ0v) is 10.2. The third-order valence-electron chi connectivity index (χ3n) is 2.40. The summed E-state index contributed by atoms with van der Waals surface area (Å²) >= 11 is 0. The normalized spacial score (nSPS) is 11.3. The van der Waals surface area contributed by atoms with E-state index in [1.807, 2.05) is 6.92 Å². The molecule has 0 bridgehead atoms. The molecule has 0 aliphatic carbocycles. The lowest BCUT2D eigenvalue weighted by Crippen LogP contribution is -2.09. The predicted molar refractivity (Wildman–Crippen MR) is 63.4 cm³/mol. The van der Waals surface area contributed by atoms with Crippen LogP contribution in [0.25, 0.3) is 0 Å². The number of aldehydes is 1. The minimum absolute atomic E-state index is 0.117. The minimum Gasteiger partial charge on any atom is -0.298 e. The van der Waals surface area contributed by atoms with Crippen molar-refractivity contribution in [1.82, 2.24) is 0 Å². The lowest BCUT2D eigenvalue weighted by Gasteiger charge is -2.05. The third-order valence-corrected chi connectivity index (χ3v) is 4.27. The summed E-state index contributed by atoms with van der Waals surface area (Å²) in [6.45, 7) is 2.02. The van der Waals surface area contributed by atoms with Crippen LogP contribution in [-0.4, -0.2) is 20.5 Å². The molecule has 0 saturated heterocycles. The van der Waals surface area contributed by atoms with Crippen molar-refractivity contribution in [2.45, 2.75) is 31.1 Å². The highest BCUT2D eigenvalue weighted by molar-refractivity contribution is 7.91. The first-order valence-electron chi connectivity index (χ1n) is 5.38. The van der Waals surface area contributed by atoms with Crippen molar-refractivity contribution in [2.24, 2.45) is 0 Å². The molecule has 1 aromatic carbocycles. The Morgan fingerprint density at radius 2 is 1.88 bits per heavy atom. The lowest BCUT2D eigenvalue weighted by atomic mass is 10.2. The van der Waals surface area contributed by atoms with E-state index in [0.29, 0.717) is 12.7 Å². The monoisotopic (exact) mass is 240 g/mol. The first-order chi connectivity index (χ1) is 7.61. The number of carbonyl (C=O) groups is 1. The molecule has 16 heavy (non-hydrogen) atoms. The van der Waals surface area contributed by atoms with E-state index in [1.54, 1.807) is 12.1 Å². The van der Waals surface area contributed by atoms with Gasteiger partial charge in [0, 0.05) is 5.56 Å². The van der Waals surface area contributed by atoms with E-state index >= 15 is 0 Å². The van der Waals surface area contributed by atoms with E-state index in [0.717, 1.165) is 12.8 Å². The van der Waals surface area contributed by atoms with E-state index in [4.69, 9.17) is 0 Å². The smallest absolute Gasteiger partial charge is 0.179 e. The van der Waals surface area contributed by atoms with Crippen molar-refractivity contribution in [1.29, 1.82) is 0 Å². The van der Waals surface area contributed by atoms with Crippen molar-refractivity contribution in [3.63, 3.8) is 0 Å². The summed E-state index contributed by atoms with van der Waals surface area (Å²) in [5.41, 5.74) is 0.249. The highest BCUT2D eigenvalue weighted by Crippen LogP contribution is 2.16. The maximum Gasteiger partial charge on any atom is 0.179 e. The lowest BCUT2D eigenvalue weighted by molar-refractivity contribution is 0.112. The number of rotatable bonds is 6. The SMILES string of the molecule is CCCCCS(=O)(=O)c1ccccc1C=O. The Kier molecular flexibility index (Phi) is 4.68. The minimum atomic E-state index is -3.31. The van der Waals surface area contributed by atoms with E-state index in [1.165, 1.54) is 12.1 Å². The van der Waals surface area contributed by atoms with Gasteiger partial charge in [0.25, 0.3) is 0 Å². The van der Waals surface area contributed by atoms with E-state index < -0.39 is 9.84 Å². The van der Waals surface area contributed by atoms with Crippen molar-refractivity contribution in [3.8, 4) is 0 Å². The van der Waals surface area contributed by atoms with Gasteiger partial charge in [0.1, 0.15) is 0 Å². The Bertz CT molecular complexity index is 449. The zero-order chi connectivity index (χ0) is 12.0. The number of hydrogen-bond donors (Lipinski definition) is 0. The van der Waals surface area contributed by atoms with Crippen molar-refractivity contribution in [3.05, 3.63) is 29.8 Å². The molecule has 0 saturated carbocycles. The van der Waals surface area contributed by atoms with Crippen LogP contribution in [0.15, 0.2) is 29.2 Å². The summed E-state index contributed by atoms with van der Waals surface area (Å²) in [5.74, 6) is 0.117. The van der Waals surface area contributed by atoms with Gasteiger partial charge < -0.3 is 0 Å². The van der Waals surface area contributed by atoms with Crippen LogP contribution in [0.5, 0.6) is 0 Å². The molecule has 0 aliphatic heterocycles. The Labute approximate surface area is 96.4 Å². The van der Waals surface area contributed by atoms with Crippen LogP contribution in [0.3, 0.4) is 0 Å². The summed E-state index contributed by atoms with van der Waals surface area (Å²) < 4.78 is 23.9. The van der Waals surface area contributed by atoms with Gasteiger partial charge in [-0.3, -0.25) is 4.79 Å². The fraction of sp³-hybridized carbons (Fsp3) is 0.417. The van der Waals surface area contributed by atoms with Gasteiger partial charge in [-0.2, -0.15) is 0 Å². The molecule has 4 heteroatoms. The zero-order valence-electron chi connectivity index (χ0n) is 9.35. The highest BCUT2D eigenvalue weighted by atomic mass is 32.2. The number of sulfone groups is 1. The number of hydrogen-bond acceptors (Lipinski definition) is 3. The fourth-order valence-electron chi connectivity index (χ4n) is 1.51. The van der Waals surface area contributed by atoms with Crippen molar-refractivity contribution >= 4 is 16.1 Å². The molecule has 1 rings (SSSR count). The molecule has 0 aliphatic rings. The predicted octanol–water partition coefficient (Wildman–Crippen LogP) is 2.46. The van der Waals surface area contributed by atoms with Crippen LogP contribution >= 0.6 is 0 Å². The molecular weight excluding hydrogens is 224 g/mol. The molecule has 0 N–H and O–H groups in total. The fourth-order valence-corrected chi connectivity index (χ4v) is 3.08. The summed E-state index contributed by atoms with van der Waals surface area (Å²) in [5, 5.41) is 0. The standard InChI is InChI=1S/C12H16O3S/c1-2-3-6-9-16(14,15)12-8-5-4-7-11(12)10-13/h4-5,7-8,10H,2-3,6,9H2,1H3. The second-order valence-corrected chi connectivity index (χ2v) is 5.76. The number of unbranched alkanes of at least 4 members (excludes halogenated alkanes) is 2. The van der Waals surface area contributed by atoms with Gasteiger partial charge in [0.05, 0.1) is 10.6 Å². The van der Waals surface area contributed by atoms with Crippen LogP contribution in [0, 0.1) is 0 Å². The molecule has 0 heterocycles. The number of benzene rings is 1. The van der Waals surface area contributed by atoms with Gasteiger partial charge in [-0.05, 0) is 12.5 Å². The van der Waals surface area contributed by atoms with Crippen LogP contribution < -0.4 is 0 Å². The average Bonchev–Trinajstić information content (AvgIpc) is 2.29. The molecular formula is C12H16O3S. The van der Waals surface area contributed by atoms with Crippen LogP contribution in [-0.2, 0) is 9.84 Å². The first kappa shape index (κ1) is 12.9. The molecule has 3 nitrogen and oxygen atoms in total. The largest absolute Gasteiger partial charge is 0.298 e. The topological polar surface area (TPSA) is 51.2 Å². The van der Waals surface area contributed by atoms with Crippen molar-refractivity contribution < 1.29 is 13.2 Å². The van der Waals surface area contributed by atoms with Crippen LogP contribution in [0.4, 0.5) is 0 Å².